The van der Waals surface area contributed by atoms with Crippen LogP contribution in [-0.2, 0) is 14.3 Å². The fourth-order valence-electron chi connectivity index (χ4n) is 1.03. The summed E-state index contributed by atoms with van der Waals surface area (Å²) >= 11 is 0. The number of hydrogen-bond donors (Lipinski definition) is 1. The van der Waals surface area contributed by atoms with Crippen LogP contribution in [0.25, 0.3) is 0 Å². The molecule has 0 saturated carbocycles. The maximum absolute atomic E-state index is 10.0. The first kappa shape index (κ1) is 8.49. The summed E-state index contributed by atoms with van der Waals surface area (Å²) < 4.78 is 9.99. The second-order valence-electron chi connectivity index (χ2n) is 2.64. The molecule has 64 valence electrons. The van der Waals surface area contributed by atoms with E-state index in [-0.39, 0.29) is 6.61 Å². The molecule has 11 heavy (non-hydrogen) atoms. The maximum atomic E-state index is 10.0. The summed E-state index contributed by atoms with van der Waals surface area (Å²) in [7, 11) is 0. The molecule has 1 fully saturated rings. The van der Waals surface area contributed by atoms with Gasteiger partial charge >= 0.3 is 5.97 Å². The number of hydrogen-bond acceptors (Lipinski definition) is 3. The van der Waals surface area contributed by atoms with E-state index in [2.05, 4.69) is 0 Å². The van der Waals surface area contributed by atoms with Crippen molar-refractivity contribution >= 4 is 5.97 Å². The van der Waals surface area contributed by atoms with Crippen molar-refractivity contribution in [2.75, 3.05) is 26.4 Å². The predicted molar refractivity (Wildman–Crippen MR) is 37.4 cm³/mol. The summed E-state index contributed by atoms with van der Waals surface area (Å²) in [5.41, 5.74) is 0. The number of aliphatic carboxylic acids is 1. The van der Waals surface area contributed by atoms with Gasteiger partial charge in [0.05, 0.1) is 13.2 Å². The molecule has 0 radical (unpaired) electrons. The zero-order valence-electron chi connectivity index (χ0n) is 6.28. The quantitative estimate of drug-likeness (QED) is 0.634. The first-order valence-electron chi connectivity index (χ1n) is 3.66. The van der Waals surface area contributed by atoms with Gasteiger partial charge in [-0.2, -0.15) is 0 Å². The molecule has 1 unspecified atom stereocenters. The van der Waals surface area contributed by atoms with Gasteiger partial charge in [0.15, 0.2) is 0 Å². The van der Waals surface area contributed by atoms with E-state index in [1.54, 1.807) is 0 Å². The summed E-state index contributed by atoms with van der Waals surface area (Å²) in [6.07, 6.45) is 0.986. The second-order valence-corrected chi connectivity index (χ2v) is 2.64. The van der Waals surface area contributed by atoms with E-state index in [1.807, 2.05) is 0 Å². The Morgan fingerprint density at radius 2 is 2.55 bits per heavy atom. The van der Waals surface area contributed by atoms with Crippen LogP contribution in [0.1, 0.15) is 6.42 Å². The van der Waals surface area contributed by atoms with Crippen molar-refractivity contribution in [1.82, 2.24) is 0 Å². The highest BCUT2D eigenvalue weighted by Gasteiger charge is 2.15. The summed E-state index contributed by atoms with van der Waals surface area (Å²) in [4.78, 5) is 10.0. The molecule has 1 N–H and O–H groups in total. The third-order valence-corrected chi connectivity index (χ3v) is 1.60. The lowest BCUT2D eigenvalue weighted by Crippen LogP contribution is -2.14. The van der Waals surface area contributed by atoms with Crippen molar-refractivity contribution < 1.29 is 19.4 Å². The SMILES string of the molecule is O=C(O)COCC1CCOC1. The van der Waals surface area contributed by atoms with Gasteiger partial charge in [-0.15, -0.1) is 0 Å². The van der Waals surface area contributed by atoms with Gasteiger partial charge in [0.1, 0.15) is 6.61 Å². The van der Waals surface area contributed by atoms with E-state index in [9.17, 15) is 4.79 Å². The van der Waals surface area contributed by atoms with Crippen molar-refractivity contribution in [1.29, 1.82) is 0 Å². The Hall–Kier alpha value is -0.610. The van der Waals surface area contributed by atoms with Crippen molar-refractivity contribution in [2.24, 2.45) is 5.92 Å². The van der Waals surface area contributed by atoms with Crippen molar-refractivity contribution in [2.45, 2.75) is 6.42 Å². The summed E-state index contributed by atoms with van der Waals surface area (Å²) in [6, 6.07) is 0. The van der Waals surface area contributed by atoms with Crippen LogP contribution in [0, 0.1) is 5.92 Å². The topological polar surface area (TPSA) is 55.8 Å². The van der Waals surface area contributed by atoms with Gasteiger partial charge in [0.2, 0.25) is 0 Å². The number of rotatable bonds is 4. The van der Waals surface area contributed by atoms with Gasteiger partial charge in [-0.05, 0) is 6.42 Å². The first-order valence-corrected chi connectivity index (χ1v) is 3.66. The Morgan fingerprint density at radius 3 is 3.09 bits per heavy atom. The van der Waals surface area contributed by atoms with Crippen LogP contribution in [0.2, 0.25) is 0 Å². The smallest absolute Gasteiger partial charge is 0.329 e. The molecule has 1 saturated heterocycles. The van der Waals surface area contributed by atoms with E-state index in [1.165, 1.54) is 0 Å². The highest BCUT2D eigenvalue weighted by molar-refractivity contribution is 5.67. The lowest BCUT2D eigenvalue weighted by molar-refractivity contribution is -0.142. The van der Waals surface area contributed by atoms with E-state index < -0.39 is 5.97 Å². The number of carboxylic acid groups (broad SMARTS) is 1. The maximum Gasteiger partial charge on any atom is 0.329 e. The third kappa shape index (κ3) is 3.34. The third-order valence-electron chi connectivity index (χ3n) is 1.60. The molecule has 0 aromatic rings. The van der Waals surface area contributed by atoms with Crippen LogP contribution < -0.4 is 0 Å². The second kappa shape index (κ2) is 4.31. The molecule has 1 heterocycles. The molecular weight excluding hydrogens is 148 g/mol. The molecular formula is C7H12O4. The molecule has 1 aliphatic rings. The normalized spacial score (nSPS) is 23.8. The molecule has 0 spiro atoms. The molecule has 1 aliphatic heterocycles. The Labute approximate surface area is 65.1 Å². The number of ether oxygens (including phenoxy) is 2. The van der Waals surface area contributed by atoms with E-state index in [0.29, 0.717) is 19.1 Å². The first-order chi connectivity index (χ1) is 5.29. The fraction of sp³-hybridized carbons (Fsp3) is 0.857. The van der Waals surface area contributed by atoms with E-state index >= 15 is 0 Å². The Balaban J connectivity index is 1.98. The summed E-state index contributed by atoms with van der Waals surface area (Å²) in [5, 5.41) is 8.23. The standard InChI is InChI=1S/C7H12O4/c8-7(9)5-11-4-6-1-2-10-3-6/h6H,1-5H2,(H,8,9). The van der Waals surface area contributed by atoms with Gasteiger partial charge in [-0.25, -0.2) is 4.79 Å². The highest BCUT2D eigenvalue weighted by atomic mass is 16.5. The van der Waals surface area contributed by atoms with Crippen molar-refractivity contribution in [3.8, 4) is 0 Å². The molecule has 1 atom stereocenters. The van der Waals surface area contributed by atoms with Crippen molar-refractivity contribution in [3.05, 3.63) is 0 Å². The zero-order valence-corrected chi connectivity index (χ0v) is 6.28. The molecule has 0 aromatic heterocycles. The average Bonchev–Trinajstić information content (AvgIpc) is 2.39. The van der Waals surface area contributed by atoms with Crippen LogP contribution >= 0.6 is 0 Å². The zero-order chi connectivity index (χ0) is 8.10. The minimum absolute atomic E-state index is 0.198. The van der Waals surface area contributed by atoms with Crippen molar-refractivity contribution in [3.63, 3.8) is 0 Å². The molecule has 4 heteroatoms. The minimum atomic E-state index is -0.913. The number of carboxylic acids is 1. The molecule has 0 amide bonds. The largest absolute Gasteiger partial charge is 0.480 e. The van der Waals surface area contributed by atoms with Crippen LogP contribution in [0.3, 0.4) is 0 Å². The van der Waals surface area contributed by atoms with Gasteiger partial charge < -0.3 is 14.6 Å². The molecule has 0 bridgehead atoms. The highest BCUT2D eigenvalue weighted by Crippen LogP contribution is 2.11. The monoisotopic (exact) mass is 160 g/mol. The predicted octanol–water partition coefficient (Wildman–Crippen LogP) is 0.124. The lowest BCUT2D eigenvalue weighted by Gasteiger charge is -2.05. The lowest BCUT2D eigenvalue weighted by atomic mass is 10.1. The van der Waals surface area contributed by atoms with Gasteiger partial charge in [-0.3, -0.25) is 0 Å². The fourth-order valence-corrected chi connectivity index (χ4v) is 1.03. The van der Waals surface area contributed by atoms with Gasteiger partial charge in [0.25, 0.3) is 0 Å². The number of carbonyl (C=O) groups is 1. The molecule has 4 nitrogen and oxygen atoms in total. The van der Waals surface area contributed by atoms with Gasteiger partial charge in [-0.1, -0.05) is 0 Å². The average molecular weight is 160 g/mol. The van der Waals surface area contributed by atoms with E-state index in [0.717, 1.165) is 13.0 Å². The Kier molecular flexibility index (Phi) is 3.32. The van der Waals surface area contributed by atoms with Crippen LogP contribution in [0.4, 0.5) is 0 Å². The summed E-state index contributed by atoms with van der Waals surface area (Å²) in [6.45, 7) is 1.80. The van der Waals surface area contributed by atoms with Crippen LogP contribution in [0.5, 0.6) is 0 Å². The molecule has 1 rings (SSSR count). The Morgan fingerprint density at radius 1 is 1.73 bits per heavy atom. The van der Waals surface area contributed by atoms with Gasteiger partial charge in [0, 0.05) is 12.5 Å². The minimum Gasteiger partial charge on any atom is -0.480 e. The van der Waals surface area contributed by atoms with E-state index in [4.69, 9.17) is 14.6 Å². The molecule has 0 aliphatic carbocycles. The van der Waals surface area contributed by atoms with Crippen LogP contribution in [-0.4, -0.2) is 37.5 Å². The Bertz CT molecular complexity index is 128. The summed E-state index contributed by atoms with van der Waals surface area (Å²) in [5.74, 6) is -0.515. The van der Waals surface area contributed by atoms with Crippen LogP contribution in [0.15, 0.2) is 0 Å². The molecule has 0 aromatic carbocycles.